The largest absolute Gasteiger partial charge is 0.289 e. The third kappa shape index (κ3) is 3.15. The number of allylic oxidation sites excluding steroid dienone is 1. The van der Waals surface area contributed by atoms with Crippen LogP contribution in [0.1, 0.15) is 23.9 Å². The number of thioether (sulfide) groups is 1. The van der Waals surface area contributed by atoms with Gasteiger partial charge in [0.25, 0.3) is 0 Å². The molecule has 2 aromatic carbocycles. The van der Waals surface area contributed by atoms with E-state index in [-0.39, 0.29) is 5.82 Å². The van der Waals surface area contributed by atoms with Crippen LogP contribution in [0.15, 0.2) is 58.6 Å². The molecule has 1 N–H and O–H groups in total. The smallest absolute Gasteiger partial charge is 0.214 e. The van der Waals surface area contributed by atoms with Crippen molar-refractivity contribution >= 4 is 29.1 Å². The third-order valence-electron chi connectivity index (χ3n) is 3.96. The molecule has 2 heterocycles. The van der Waals surface area contributed by atoms with E-state index in [1.54, 1.807) is 12.1 Å². The Morgan fingerprint density at radius 3 is 2.64 bits per heavy atom. The third-order valence-corrected chi connectivity index (χ3v) is 5.17. The lowest BCUT2D eigenvalue weighted by molar-refractivity contribution is 0.610. The van der Waals surface area contributed by atoms with Crippen molar-refractivity contribution < 1.29 is 4.39 Å². The first-order chi connectivity index (χ1) is 12.1. The topological polar surface area (TPSA) is 42.7 Å². The van der Waals surface area contributed by atoms with Gasteiger partial charge in [0.05, 0.1) is 5.70 Å². The standard InChI is InChI=1S/C18H14ClFN4S/c1-11-17(12-6-8-14(19)9-7-12)23-24-16(21-22-18(24)25-11)10-13-4-2-3-5-15(13)20/h2-9,23H,10H2,1H3. The summed E-state index contributed by atoms with van der Waals surface area (Å²) in [7, 11) is 0. The van der Waals surface area contributed by atoms with Gasteiger partial charge >= 0.3 is 0 Å². The first-order valence-electron chi connectivity index (χ1n) is 7.71. The number of hydrogen-bond donors (Lipinski definition) is 1. The van der Waals surface area contributed by atoms with Gasteiger partial charge in [-0.05, 0) is 30.7 Å². The van der Waals surface area contributed by atoms with Crippen LogP contribution in [0.25, 0.3) is 5.70 Å². The highest BCUT2D eigenvalue weighted by Gasteiger charge is 2.22. The van der Waals surface area contributed by atoms with Gasteiger partial charge in [-0.1, -0.05) is 53.7 Å². The van der Waals surface area contributed by atoms with Crippen molar-refractivity contribution in [2.24, 2.45) is 0 Å². The van der Waals surface area contributed by atoms with Crippen molar-refractivity contribution in [3.05, 3.63) is 81.2 Å². The van der Waals surface area contributed by atoms with Gasteiger partial charge in [0, 0.05) is 21.9 Å². The molecule has 0 saturated carbocycles. The first-order valence-corrected chi connectivity index (χ1v) is 8.90. The van der Waals surface area contributed by atoms with Crippen LogP contribution < -0.4 is 5.43 Å². The molecule has 0 atom stereocenters. The van der Waals surface area contributed by atoms with Crippen molar-refractivity contribution in [3.8, 4) is 0 Å². The van der Waals surface area contributed by atoms with Gasteiger partial charge in [-0.25, -0.2) is 9.07 Å². The number of nitrogens with zero attached hydrogens (tertiary/aromatic N) is 3. The molecular formula is C18H14ClFN4S. The Balaban J connectivity index is 1.66. The monoisotopic (exact) mass is 372 g/mol. The first kappa shape index (κ1) is 16.2. The number of fused-ring (bicyclic) bond motifs is 1. The van der Waals surface area contributed by atoms with E-state index < -0.39 is 0 Å². The minimum Gasteiger partial charge on any atom is -0.289 e. The number of halogens is 2. The summed E-state index contributed by atoms with van der Waals surface area (Å²) in [5.74, 6) is 0.416. The molecule has 1 aliphatic rings. The molecule has 0 saturated heterocycles. The molecule has 0 unspecified atom stereocenters. The van der Waals surface area contributed by atoms with Crippen molar-refractivity contribution in [2.75, 3.05) is 5.43 Å². The fourth-order valence-electron chi connectivity index (χ4n) is 2.67. The number of hydrogen-bond acceptors (Lipinski definition) is 4. The molecule has 3 aromatic rings. The molecule has 7 heteroatoms. The maximum Gasteiger partial charge on any atom is 0.214 e. The van der Waals surface area contributed by atoms with E-state index in [2.05, 4.69) is 15.6 Å². The highest BCUT2D eigenvalue weighted by atomic mass is 35.5. The summed E-state index contributed by atoms with van der Waals surface area (Å²) in [5.41, 5.74) is 5.92. The number of benzene rings is 2. The molecule has 4 rings (SSSR count). The Hall–Kier alpha value is -2.31. The van der Waals surface area contributed by atoms with Crippen LogP contribution >= 0.6 is 23.4 Å². The van der Waals surface area contributed by atoms with Crippen LogP contribution in [0.2, 0.25) is 5.02 Å². The molecule has 0 amide bonds. The molecule has 25 heavy (non-hydrogen) atoms. The van der Waals surface area contributed by atoms with Gasteiger partial charge in [-0.2, -0.15) is 0 Å². The van der Waals surface area contributed by atoms with E-state index in [9.17, 15) is 4.39 Å². The van der Waals surface area contributed by atoms with E-state index in [1.807, 2.05) is 41.9 Å². The molecular weight excluding hydrogens is 359 g/mol. The summed E-state index contributed by atoms with van der Waals surface area (Å²) < 4.78 is 15.8. The summed E-state index contributed by atoms with van der Waals surface area (Å²) >= 11 is 7.51. The maximum absolute atomic E-state index is 14.0. The fourth-order valence-corrected chi connectivity index (χ4v) is 3.66. The Morgan fingerprint density at radius 1 is 1.12 bits per heavy atom. The SMILES string of the molecule is CC1=C(c2ccc(Cl)cc2)Nn2c(Cc3ccccc3F)nnc2S1. The molecule has 1 aliphatic heterocycles. The molecule has 0 fully saturated rings. The van der Waals surface area contributed by atoms with E-state index in [0.29, 0.717) is 22.8 Å². The lowest BCUT2D eigenvalue weighted by Gasteiger charge is -2.22. The zero-order chi connectivity index (χ0) is 17.4. The second-order valence-corrected chi connectivity index (χ2v) is 7.27. The molecule has 4 nitrogen and oxygen atoms in total. The zero-order valence-corrected chi connectivity index (χ0v) is 14.9. The van der Waals surface area contributed by atoms with Crippen molar-refractivity contribution in [1.29, 1.82) is 0 Å². The van der Waals surface area contributed by atoms with Gasteiger partial charge in [-0.15, -0.1) is 10.2 Å². The molecule has 1 aromatic heterocycles. The molecule has 126 valence electrons. The average Bonchev–Trinajstić information content (AvgIpc) is 2.99. The van der Waals surface area contributed by atoms with Gasteiger partial charge < -0.3 is 0 Å². The maximum atomic E-state index is 14.0. The summed E-state index contributed by atoms with van der Waals surface area (Å²) in [6.07, 6.45) is 0.361. The molecule has 0 aliphatic carbocycles. The van der Waals surface area contributed by atoms with Gasteiger partial charge in [-0.3, -0.25) is 5.43 Å². The summed E-state index contributed by atoms with van der Waals surface area (Å²) in [6, 6.07) is 14.3. The lowest BCUT2D eigenvalue weighted by atomic mass is 10.1. The second-order valence-electron chi connectivity index (χ2n) is 5.65. The van der Waals surface area contributed by atoms with Crippen LogP contribution in [-0.4, -0.2) is 14.9 Å². The Bertz CT molecular complexity index is 965. The fraction of sp³-hybridized carbons (Fsp3) is 0.111. The molecule has 0 bridgehead atoms. The van der Waals surface area contributed by atoms with E-state index in [0.717, 1.165) is 21.3 Å². The zero-order valence-electron chi connectivity index (χ0n) is 13.3. The lowest BCUT2D eigenvalue weighted by Crippen LogP contribution is -2.21. The number of rotatable bonds is 3. The number of aromatic nitrogens is 3. The Labute approximate surface area is 153 Å². The van der Waals surface area contributed by atoms with Crippen LogP contribution in [0, 0.1) is 5.82 Å². The Kier molecular flexibility index (Phi) is 4.23. The van der Waals surface area contributed by atoms with Crippen molar-refractivity contribution in [1.82, 2.24) is 14.9 Å². The van der Waals surface area contributed by atoms with Gasteiger partial charge in [0.2, 0.25) is 5.16 Å². The number of nitrogens with one attached hydrogen (secondary N) is 1. The van der Waals surface area contributed by atoms with Crippen LogP contribution in [0.4, 0.5) is 4.39 Å². The summed E-state index contributed by atoms with van der Waals surface area (Å²) in [6.45, 7) is 2.02. The van der Waals surface area contributed by atoms with Crippen LogP contribution in [0.5, 0.6) is 0 Å². The van der Waals surface area contributed by atoms with Gasteiger partial charge in [0.1, 0.15) is 5.82 Å². The van der Waals surface area contributed by atoms with Crippen molar-refractivity contribution in [2.45, 2.75) is 18.5 Å². The summed E-state index contributed by atoms with van der Waals surface area (Å²) in [5, 5.41) is 9.86. The minimum absolute atomic E-state index is 0.243. The van der Waals surface area contributed by atoms with Crippen LogP contribution in [0.3, 0.4) is 0 Å². The Morgan fingerprint density at radius 2 is 1.88 bits per heavy atom. The van der Waals surface area contributed by atoms with Gasteiger partial charge in [0.15, 0.2) is 5.82 Å². The predicted octanol–water partition coefficient (Wildman–Crippen LogP) is 4.70. The van der Waals surface area contributed by atoms with E-state index in [4.69, 9.17) is 11.6 Å². The average molecular weight is 373 g/mol. The molecule has 0 spiro atoms. The highest BCUT2D eigenvalue weighted by Crippen LogP contribution is 2.35. The quantitative estimate of drug-likeness (QED) is 0.723. The molecule has 0 radical (unpaired) electrons. The summed E-state index contributed by atoms with van der Waals surface area (Å²) in [4.78, 5) is 1.08. The highest BCUT2D eigenvalue weighted by molar-refractivity contribution is 8.03. The van der Waals surface area contributed by atoms with Crippen molar-refractivity contribution in [3.63, 3.8) is 0 Å². The normalized spacial score (nSPS) is 13.6. The van der Waals surface area contributed by atoms with E-state index >= 15 is 0 Å². The second kappa shape index (κ2) is 6.54. The van der Waals surface area contributed by atoms with E-state index in [1.165, 1.54) is 17.8 Å². The predicted molar refractivity (Wildman–Crippen MR) is 98.5 cm³/mol. The minimum atomic E-state index is -0.243. The van der Waals surface area contributed by atoms with Crippen LogP contribution in [-0.2, 0) is 6.42 Å².